The molecule has 0 bridgehead atoms. The monoisotopic (exact) mass is 492 g/mol. The topological polar surface area (TPSA) is 43.4 Å². The standard InChI is InChI=1S/C21H21IN2O2S/c1-14(2)23-16-10-8-15(9-11-16)6-4-5-7-21-24-17-12-19(26-22)18(25-3)13-20(17)27-21/h4-14,23H,1-3H3/b6-4+,7-5+. The van der Waals surface area contributed by atoms with Crippen molar-refractivity contribution < 1.29 is 7.80 Å². The Balaban J connectivity index is 1.69. The van der Waals surface area contributed by atoms with Crippen molar-refractivity contribution in [3.8, 4) is 11.5 Å². The van der Waals surface area contributed by atoms with Gasteiger partial charge in [-0.25, -0.2) is 4.98 Å². The normalized spacial score (nSPS) is 11.7. The Hall–Kier alpha value is -2.06. The van der Waals surface area contributed by atoms with E-state index >= 15 is 0 Å². The molecular formula is C21H21IN2O2S. The minimum absolute atomic E-state index is 0.433. The van der Waals surface area contributed by atoms with Gasteiger partial charge >= 0.3 is 0 Å². The molecule has 0 radical (unpaired) electrons. The Morgan fingerprint density at radius 1 is 1.07 bits per heavy atom. The van der Waals surface area contributed by atoms with Crippen LogP contribution in [-0.2, 0) is 0 Å². The van der Waals surface area contributed by atoms with E-state index in [-0.39, 0.29) is 0 Å². The van der Waals surface area contributed by atoms with Crippen LogP contribution in [0.2, 0.25) is 0 Å². The predicted molar refractivity (Wildman–Crippen MR) is 124 cm³/mol. The lowest BCUT2D eigenvalue weighted by Gasteiger charge is -2.09. The third-order valence-corrected chi connectivity index (χ3v) is 5.24. The first-order valence-corrected chi connectivity index (χ1v) is 10.3. The third kappa shape index (κ3) is 5.23. The summed E-state index contributed by atoms with van der Waals surface area (Å²) in [7, 11) is 1.64. The second kappa shape index (κ2) is 9.23. The van der Waals surface area contributed by atoms with Gasteiger partial charge in [-0.3, -0.25) is 0 Å². The SMILES string of the molecule is COc1cc2sc(/C=C/C=C/c3ccc(NC(C)C)cc3)nc2cc1OI. The van der Waals surface area contributed by atoms with E-state index in [0.29, 0.717) is 17.5 Å². The molecule has 0 fully saturated rings. The van der Waals surface area contributed by atoms with E-state index in [1.54, 1.807) is 18.4 Å². The zero-order valence-corrected chi connectivity index (χ0v) is 18.4. The molecule has 1 N–H and O–H groups in total. The predicted octanol–water partition coefficient (Wildman–Crippen LogP) is 6.58. The number of nitrogens with zero attached hydrogens (tertiary/aromatic N) is 1. The van der Waals surface area contributed by atoms with Crippen molar-refractivity contribution in [2.45, 2.75) is 19.9 Å². The quantitative estimate of drug-likeness (QED) is 0.299. The molecule has 0 atom stereocenters. The molecule has 140 valence electrons. The smallest absolute Gasteiger partial charge is 0.192 e. The van der Waals surface area contributed by atoms with Crippen molar-refractivity contribution in [3.05, 3.63) is 59.1 Å². The summed E-state index contributed by atoms with van der Waals surface area (Å²) in [4.78, 5) is 4.63. The highest BCUT2D eigenvalue weighted by Gasteiger charge is 2.09. The van der Waals surface area contributed by atoms with Gasteiger partial charge in [0.1, 0.15) is 5.01 Å². The van der Waals surface area contributed by atoms with Crippen molar-refractivity contribution in [1.29, 1.82) is 0 Å². The van der Waals surface area contributed by atoms with Crippen molar-refractivity contribution in [3.63, 3.8) is 0 Å². The van der Waals surface area contributed by atoms with Crippen molar-refractivity contribution in [2.75, 3.05) is 12.4 Å². The number of hydrogen-bond acceptors (Lipinski definition) is 5. The first-order valence-electron chi connectivity index (χ1n) is 8.57. The van der Waals surface area contributed by atoms with Crippen molar-refractivity contribution in [2.24, 2.45) is 0 Å². The molecule has 0 saturated carbocycles. The number of allylic oxidation sites excluding steroid dienone is 2. The van der Waals surface area contributed by atoms with Crippen LogP contribution in [0.3, 0.4) is 0 Å². The van der Waals surface area contributed by atoms with Gasteiger partial charge in [0.05, 0.1) is 17.3 Å². The van der Waals surface area contributed by atoms with Crippen LogP contribution in [0, 0.1) is 0 Å². The first kappa shape index (κ1) is 19.7. The molecule has 0 saturated heterocycles. The van der Waals surface area contributed by atoms with Gasteiger partial charge in [-0.1, -0.05) is 30.4 Å². The highest BCUT2D eigenvalue weighted by atomic mass is 127. The fourth-order valence-electron chi connectivity index (χ4n) is 2.57. The lowest BCUT2D eigenvalue weighted by Crippen LogP contribution is -2.09. The summed E-state index contributed by atoms with van der Waals surface area (Å²) in [6.45, 7) is 4.26. The van der Waals surface area contributed by atoms with Crippen LogP contribution in [0.5, 0.6) is 11.5 Å². The van der Waals surface area contributed by atoms with E-state index in [0.717, 1.165) is 26.5 Å². The first-order chi connectivity index (χ1) is 13.1. The Kier molecular flexibility index (Phi) is 6.73. The molecule has 0 aliphatic rings. The molecule has 6 heteroatoms. The van der Waals surface area contributed by atoms with Crippen LogP contribution in [0.1, 0.15) is 24.4 Å². The van der Waals surface area contributed by atoms with Gasteiger partial charge in [-0.05, 0) is 37.6 Å². The number of fused-ring (bicyclic) bond motifs is 1. The molecule has 0 unspecified atom stereocenters. The highest BCUT2D eigenvalue weighted by molar-refractivity contribution is 14.1. The number of halogens is 1. The zero-order valence-electron chi connectivity index (χ0n) is 15.4. The van der Waals surface area contributed by atoms with Gasteiger partial charge in [-0.2, -0.15) is 0 Å². The summed E-state index contributed by atoms with van der Waals surface area (Å²) in [5.41, 5.74) is 3.20. The summed E-state index contributed by atoms with van der Waals surface area (Å²) < 4.78 is 11.7. The van der Waals surface area contributed by atoms with Crippen LogP contribution < -0.4 is 13.1 Å². The Morgan fingerprint density at radius 2 is 1.81 bits per heavy atom. The molecule has 0 aliphatic heterocycles. The molecule has 0 amide bonds. The maximum absolute atomic E-state index is 5.35. The number of methoxy groups -OCH3 is 1. The lowest BCUT2D eigenvalue weighted by molar-refractivity contribution is 0.404. The highest BCUT2D eigenvalue weighted by Crippen LogP contribution is 2.36. The van der Waals surface area contributed by atoms with E-state index < -0.39 is 0 Å². The molecule has 0 aliphatic carbocycles. The summed E-state index contributed by atoms with van der Waals surface area (Å²) in [6, 6.07) is 12.7. The molecule has 1 aromatic heterocycles. The molecule has 1 heterocycles. The van der Waals surface area contributed by atoms with E-state index in [9.17, 15) is 0 Å². The summed E-state index contributed by atoms with van der Waals surface area (Å²) in [5.74, 6) is 1.40. The fourth-order valence-corrected chi connectivity index (χ4v) is 3.81. The van der Waals surface area contributed by atoms with Crippen LogP contribution in [-0.4, -0.2) is 18.1 Å². The number of anilines is 1. The lowest BCUT2D eigenvalue weighted by atomic mass is 10.2. The average Bonchev–Trinajstić information content (AvgIpc) is 3.06. The largest absolute Gasteiger partial charge is 0.493 e. The zero-order chi connectivity index (χ0) is 19.2. The summed E-state index contributed by atoms with van der Waals surface area (Å²) >= 11 is 3.47. The van der Waals surface area contributed by atoms with Gasteiger partial charge in [0.2, 0.25) is 0 Å². The number of rotatable bonds is 7. The Morgan fingerprint density at radius 3 is 2.48 bits per heavy atom. The van der Waals surface area contributed by atoms with Gasteiger partial charge in [0, 0.05) is 23.9 Å². The number of nitrogens with one attached hydrogen (secondary N) is 1. The van der Waals surface area contributed by atoms with Gasteiger partial charge in [0.25, 0.3) is 0 Å². The van der Waals surface area contributed by atoms with Crippen LogP contribution in [0.15, 0.2) is 48.6 Å². The van der Waals surface area contributed by atoms with Gasteiger partial charge < -0.3 is 13.1 Å². The summed E-state index contributed by atoms with van der Waals surface area (Å²) in [6.07, 6.45) is 8.11. The maximum atomic E-state index is 5.35. The number of ether oxygens (including phenoxy) is 1. The molecule has 27 heavy (non-hydrogen) atoms. The molecular weight excluding hydrogens is 471 g/mol. The molecule has 3 aromatic rings. The van der Waals surface area contributed by atoms with Crippen LogP contribution >= 0.6 is 34.3 Å². The Labute approximate surface area is 177 Å². The van der Waals surface area contributed by atoms with Gasteiger partial charge in [0.15, 0.2) is 34.5 Å². The van der Waals surface area contributed by atoms with E-state index in [1.165, 1.54) is 0 Å². The van der Waals surface area contributed by atoms with E-state index in [1.807, 2.05) is 53.4 Å². The minimum Gasteiger partial charge on any atom is -0.493 e. The average molecular weight is 492 g/mol. The molecule has 3 rings (SSSR count). The van der Waals surface area contributed by atoms with E-state index in [4.69, 9.17) is 7.80 Å². The van der Waals surface area contributed by atoms with Crippen LogP contribution in [0.4, 0.5) is 5.69 Å². The fraction of sp³-hybridized carbons (Fsp3) is 0.190. The molecule has 4 nitrogen and oxygen atoms in total. The van der Waals surface area contributed by atoms with E-state index in [2.05, 4.69) is 54.5 Å². The second-order valence-electron chi connectivity index (χ2n) is 6.24. The molecule has 0 spiro atoms. The minimum atomic E-state index is 0.433. The van der Waals surface area contributed by atoms with Crippen molar-refractivity contribution >= 4 is 62.4 Å². The van der Waals surface area contributed by atoms with Crippen molar-refractivity contribution in [1.82, 2.24) is 4.98 Å². The third-order valence-electron chi connectivity index (χ3n) is 3.78. The number of hydrogen-bond donors (Lipinski definition) is 1. The number of aromatic nitrogens is 1. The second-order valence-corrected chi connectivity index (χ2v) is 7.74. The summed E-state index contributed by atoms with van der Waals surface area (Å²) in [5, 5.41) is 4.33. The number of benzene rings is 2. The number of thiazole rings is 1. The van der Waals surface area contributed by atoms with Crippen LogP contribution in [0.25, 0.3) is 22.4 Å². The Bertz CT molecular complexity index is 921. The van der Waals surface area contributed by atoms with Gasteiger partial charge in [-0.15, -0.1) is 11.3 Å². The maximum Gasteiger partial charge on any atom is 0.192 e. The molecule has 2 aromatic carbocycles.